The van der Waals surface area contributed by atoms with Crippen LogP contribution in [-0.4, -0.2) is 17.5 Å². The third-order valence-corrected chi connectivity index (χ3v) is 3.29. The summed E-state index contributed by atoms with van der Waals surface area (Å²) in [5.41, 5.74) is 3.31. The number of hydrogen-bond acceptors (Lipinski definition) is 3. The number of carbonyl (C=O) groups excluding carboxylic acids is 1. The Kier molecular flexibility index (Phi) is 3.32. The van der Waals surface area contributed by atoms with Crippen LogP contribution < -0.4 is 10.4 Å². The lowest BCUT2D eigenvalue weighted by Crippen LogP contribution is -2.14. The minimum absolute atomic E-state index is 0.144. The lowest BCUT2D eigenvalue weighted by molar-refractivity contribution is 0.111. The van der Waals surface area contributed by atoms with Crippen molar-refractivity contribution in [3.05, 3.63) is 41.6 Å². The summed E-state index contributed by atoms with van der Waals surface area (Å²) in [4.78, 5) is 10.5. The van der Waals surface area contributed by atoms with Gasteiger partial charge in [0.25, 0.3) is 0 Å². The van der Waals surface area contributed by atoms with Crippen molar-refractivity contribution in [1.29, 1.82) is 0 Å². The van der Waals surface area contributed by atoms with Crippen molar-refractivity contribution in [2.75, 3.05) is 17.1 Å². The number of nitrogens with one attached hydrogen (secondary N) is 1. The first kappa shape index (κ1) is 13.5. The van der Waals surface area contributed by atoms with Crippen molar-refractivity contribution in [3.63, 3.8) is 0 Å². The van der Waals surface area contributed by atoms with E-state index in [-0.39, 0.29) is 12.0 Å². The lowest BCUT2D eigenvalue weighted by Gasteiger charge is -2.12. The maximum absolute atomic E-state index is 13.5. The molecule has 1 aromatic carbocycles. The zero-order chi connectivity index (χ0) is 15.0. The number of alkyl halides is 1. The molecule has 0 spiro atoms. The number of fused-ring (bicyclic) bond motifs is 1. The number of hydrogen-bond donors (Lipinski definition) is 1. The van der Waals surface area contributed by atoms with Crippen LogP contribution in [0.1, 0.15) is 16.8 Å². The number of aryl methyl sites for hydroxylation is 1. The summed E-state index contributed by atoms with van der Waals surface area (Å²) in [5, 5.41) is 1.65. The number of halogens is 3. The first-order valence-corrected chi connectivity index (χ1v) is 6.42. The molecule has 0 radical (unpaired) electrons. The zero-order valence-electron chi connectivity index (χ0n) is 10.9. The molecule has 2 heterocycles. The molecule has 21 heavy (non-hydrogen) atoms. The monoisotopic (exact) mass is 295 g/mol. The first-order chi connectivity index (χ1) is 10.2. The van der Waals surface area contributed by atoms with Crippen LogP contribution in [0.4, 0.5) is 30.4 Å². The lowest BCUT2D eigenvalue weighted by atomic mass is 10.2. The zero-order valence-corrected chi connectivity index (χ0v) is 10.9. The van der Waals surface area contributed by atoms with Gasteiger partial charge >= 0.3 is 0 Å². The predicted molar refractivity (Wildman–Crippen MR) is 72.5 cm³/mol. The van der Waals surface area contributed by atoms with Gasteiger partial charge in [0, 0.05) is 12.7 Å². The van der Waals surface area contributed by atoms with E-state index in [0.717, 1.165) is 23.6 Å². The van der Waals surface area contributed by atoms with Crippen LogP contribution in [0, 0.1) is 11.6 Å². The van der Waals surface area contributed by atoms with Gasteiger partial charge in [0.2, 0.25) is 0 Å². The predicted octanol–water partition coefficient (Wildman–Crippen LogP) is 3.42. The average molecular weight is 295 g/mol. The van der Waals surface area contributed by atoms with E-state index in [9.17, 15) is 18.0 Å². The van der Waals surface area contributed by atoms with Crippen LogP contribution in [0.5, 0.6) is 0 Å². The maximum atomic E-state index is 13.5. The summed E-state index contributed by atoms with van der Waals surface area (Å²) in [6.45, 7) is 0.140. The molecule has 0 amide bonds. The molecule has 1 aromatic heterocycles. The van der Waals surface area contributed by atoms with Crippen LogP contribution in [0.15, 0.2) is 24.4 Å². The average Bonchev–Trinajstić information content (AvgIpc) is 2.94. The summed E-state index contributed by atoms with van der Waals surface area (Å²) in [5.74, 6) is -0.998. The van der Waals surface area contributed by atoms with Crippen molar-refractivity contribution >= 4 is 23.5 Å². The standard InChI is InChI=1S/C14H12F3N3O/c15-3-1-4-19-5-2-13-14(19)20(13)18-9-6-11(16)10(8-21)12(17)7-9/h2,5-8,18H,1,3-4H2. The van der Waals surface area contributed by atoms with E-state index in [1.807, 2.05) is 16.8 Å². The fourth-order valence-electron chi connectivity index (χ4n) is 2.24. The van der Waals surface area contributed by atoms with Gasteiger partial charge in [0.1, 0.15) is 17.3 Å². The SMILES string of the molecule is O=Cc1c(F)cc(NN2c3ccn(CCCF)c32)cc1F. The molecule has 0 unspecified atom stereocenters. The fraction of sp³-hybridized carbons (Fsp3) is 0.214. The van der Waals surface area contributed by atoms with Crippen molar-refractivity contribution in [3.8, 4) is 0 Å². The van der Waals surface area contributed by atoms with E-state index in [0.29, 0.717) is 13.0 Å². The highest BCUT2D eigenvalue weighted by atomic mass is 19.1. The Balaban J connectivity index is 1.74. The Hall–Kier alpha value is -2.44. The molecule has 2 aromatic rings. The van der Waals surface area contributed by atoms with Crippen molar-refractivity contribution in [2.45, 2.75) is 13.0 Å². The first-order valence-electron chi connectivity index (χ1n) is 6.42. The molecule has 3 rings (SSSR count). The van der Waals surface area contributed by atoms with Crippen LogP contribution in [0.2, 0.25) is 0 Å². The van der Waals surface area contributed by atoms with Crippen LogP contribution >= 0.6 is 0 Å². The van der Waals surface area contributed by atoms with E-state index in [1.165, 1.54) is 0 Å². The van der Waals surface area contributed by atoms with Crippen LogP contribution in [-0.2, 0) is 6.54 Å². The molecule has 4 nitrogen and oxygen atoms in total. The molecule has 1 aliphatic rings. The normalized spacial score (nSPS) is 12.2. The molecule has 0 fully saturated rings. The largest absolute Gasteiger partial charge is 0.331 e. The summed E-state index contributed by atoms with van der Waals surface area (Å²) < 4.78 is 41.1. The van der Waals surface area contributed by atoms with Crippen molar-refractivity contribution in [1.82, 2.24) is 4.57 Å². The molecule has 110 valence electrons. The van der Waals surface area contributed by atoms with E-state index in [1.54, 1.807) is 5.01 Å². The molecule has 0 atom stereocenters. The van der Waals surface area contributed by atoms with Gasteiger partial charge in [-0.15, -0.1) is 0 Å². The molecular weight excluding hydrogens is 283 g/mol. The summed E-state index contributed by atoms with van der Waals surface area (Å²) in [6, 6.07) is 3.93. The van der Waals surface area contributed by atoms with E-state index >= 15 is 0 Å². The third kappa shape index (κ3) is 2.35. The number of carbonyl (C=O) groups is 1. The third-order valence-electron chi connectivity index (χ3n) is 3.29. The summed E-state index contributed by atoms with van der Waals surface area (Å²) in [7, 11) is 0. The molecule has 0 aliphatic carbocycles. The second-order valence-corrected chi connectivity index (χ2v) is 4.68. The number of anilines is 3. The Morgan fingerprint density at radius 1 is 1.24 bits per heavy atom. The van der Waals surface area contributed by atoms with Gasteiger partial charge in [-0.25, -0.2) is 13.8 Å². The number of hydrazine groups is 1. The Morgan fingerprint density at radius 2 is 1.95 bits per heavy atom. The van der Waals surface area contributed by atoms with Gasteiger partial charge in [-0.05, 0) is 24.6 Å². The van der Waals surface area contributed by atoms with Crippen LogP contribution in [0.25, 0.3) is 0 Å². The Labute approximate surface area is 118 Å². The van der Waals surface area contributed by atoms with Gasteiger partial charge in [0.15, 0.2) is 12.1 Å². The topological polar surface area (TPSA) is 37.0 Å². The molecule has 1 N–H and O–H groups in total. The molecule has 1 aliphatic heterocycles. The highest BCUT2D eigenvalue weighted by molar-refractivity contribution is 5.93. The number of aldehydes is 1. The fourth-order valence-corrected chi connectivity index (χ4v) is 2.24. The minimum atomic E-state index is -0.917. The number of rotatable bonds is 6. The van der Waals surface area contributed by atoms with Gasteiger partial charge in [-0.3, -0.25) is 14.6 Å². The van der Waals surface area contributed by atoms with Gasteiger partial charge in [0.05, 0.1) is 17.9 Å². The summed E-state index contributed by atoms with van der Waals surface area (Å²) in [6.07, 6.45) is 2.38. The Morgan fingerprint density at radius 3 is 2.57 bits per heavy atom. The molecule has 0 bridgehead atoms. The Bertz CT molecular complexity index is 676. The van der Waals surface area contributed by atoms with Gasteiger partial charge in [-0.1, -0.05) is 0 Å². The number of nitrogens with zero attached hydrogens (tertiary/aromatic N) is 2. The second-order valence-electron chi connectivity index (χ2n) is 4.68. The van der Waals surface area contributed by atoms with Gasteiger partial charge < -0.3 is 4.57 Å². The quantitative estimate of drug-likeness (QED) is 0.655. The van der Waals surface area contributed by atoms with E-state index in [2.05, 4.69) is 5.43 Å². The second kappa shape index (κ2) is 5.16. The van der Waals surface area contributed by atoms with E-state index in [4.69, 9.17) is 0 Å². The highest BCUT2D eigenvalue weighted by Gasteiger charge is 2.34. The molecule has 0 saturated heterocycles. The van der Waals surface area contributed by atoms with Crippen molar-refractivity contribution in [2.24, 2.45) is 0 Å². The smallest absolute Gasteiger partial charge is 0.158 e. The van der Waals surface area contributed by atoms with Crippen LogP contribution in [0.3, 0.4) is 0 Å². The number of aromatic nitrogens is 1. The van der Waals surface area contributed by atoms with Crippen molar-refractivity contribution < 1.29 is 18.0 Å². The number of benzene rings is 1. The van der Waals surface area contributed by atoms with Gasteiger partial charge in [-0.2, -0.15) is 0 Å². The molecule has 0 saturated carbocycles. The minimum Gasteiger partial charge on any atom is -0.331 e. The maximum Gasteiger partial charge on any atom is 0.158 e. The summed E-state index contributed by atoms with van der Waals surface area (Å²) >= 11 is 0. The molecule has 7 heteroatoms. The molecular formula is C14H12F3N3O. The highest BCUT2D eigenvalue weighted by Crippen LogP contribution is 2.48. The van der Waals surface area contributed by atoms with E-state index < -0.39 is 23.9 Å².